The first-order valence-electron chi connectivity index (χ1n) is 6.12. The summed E-state index contributed by atoms with van der Waals surface area (Å²) in [4.78, 5) is 21.9. The van der Waals surface area contributed by atoms with E-state index >= 15 is 0 Å². The summed E-state index contributed by atoms with van der Waals surface area (Å²) in [6.07, 6.45) is -7.94. The van der Waals surface area contributed by atoms with E-state index in [9.17, 15) is 37.6 Å². The summed E-state index contributed by atoms with van der Waals surface area (Å²) in [5, 5.41) is 23.3. The zero-order valence-corrected chi connectivity index (χ0v) is 11.2. The van der Waals surface area contributed by atoms with Crippen molar-refractivity contribution < 1.29 is 32.4 Å². The summed E-state index contributed by atoms with van der Waals surface area (Å²) >= 11 is 0. The lowest BCUT2D eigenvalue weighted by Crippen LogP contribution is -2.51. The molecule has 0 aliphatic carbocycles. The molecule has 0 aromatic heterocycles. The first-order valence-corrected chi connectivity index (χ1v) is 6.12. The number of hydrogen-bond donors (Lipinski definition) is 1. The standard InChI is InChI=1S/C12H9F4N3O4/c13-9(14)8-5-12(21,11(15)16)18(17-8)10(20)6-1-3-7(4-2-6)19(22)23/h1-4,9,11,21H,5H2. The highest BCUT2D eigenvalue weighted by molar-refractivity contribution is 5.99. The molecule has 1 N–H and O–H groups in total. The smallest absolute Gasteiger partial charge is 0.287 e. The Balaban J connectivity index is 2.36. The van der Waals surface area contributed by atoms with Crippen molar-refractivity contribution in [3.8, 4) is 0 Å². The van der Waals surface area contributed by atoms with Crippen molar-refractivity contribution >= 4 is 17.3 Å². The number of rotatable bonds is 4. The number of nitro groups is 1. The Morgan fingerprint density at radius 1 is 1.30 bits per heavy atom. The lowest BCUT2D eigenvalue weighted by Gasteiger charge is -2.29. The van der Waals surface area contributed by atoms with Crippen molar-refractivity contribution in [1.82, 2.24) is 5.01 Å². The summed E-state index contributed by atoms with van der Waals surface area (Å²) in [6.45, 7) is 0. The third-order valence-electron chi connectivity index (χ3n) is 3.16. The molecule has 0 spiro atoms. The van der Waals surface area contributed by atoms with Gasteiger partial charge in [-0.3, -0.25) is 14.9 Å². The summed E-state index contributed by atoms with van der Waals surface area (Å²) in [5.74, 6) is -1.28. The van der Waals surface area contributed by atoms with Crippen molar-refractivity contribution in [3.63, 3.8) is 0 Å². The second kappa shape index (κ2) is 5.91. The van der Waals surface area contributed by atoms with Crippen LogP contribution < -0.4 is 0 Å². The zero-order valence-electron chi connectivity index (χ0n) is 11.2. The van der Waals surface area contributed by atoms with Gasteiger partial charge in [-0.05, 0) is 12.1 Å². The van der Waals surface area contributed by atoms with Gasteiger partial charge >= 0.3 is 0 Å². The van der Waals surface area contributed by atoms with E-state index in [1.807, 2.05) is 0 Å². The second-order valence-corrected chi connectivity index (χ2v) is 4.67. The van der Waals surface area contributed by atoms with Gasteiger partial charge in [0.05, 0.1) is 4.92 Å². The van der Waals surface area contributed by atoms with Crippen molar-refractivity contribution in [2.75, 3.05) is 0 Å². The van der Waals surface area contributed by atoms with Crippen LogP contribution in [0.3, 0.4) is 0 Å². The van der Waals surface area contributed by atoms with E-state index in [-0.39, 0.29) is 16.3 Å². The SMILES string of the molecule is O=C(c1ccc([N+](=O)[O-])cc1)N1N=C(C(F)F)CC1(O)C(F)F. The third-order valence-corrected chi connectivity index (χ3v) is 3.16. The molecule has 11 heteroatoms. The number of halogens is 4. The number of amides is 1. The molecule has 1 aromatic carbocycles. The van der Waals surface area contributed by atoms with Gasteiger partial charge in [0.25, 0.3) is 24.4 Å². The Hall–Kier alpha value is -2.56. The Kier molecular flexibility index (Phi) is 4.32. The fraction of sp³-hybridized carbons (Fsp3) is 0.333. The van der Waals surface area contributed by atoms with E-state index in [0.717, 1.165) is 24.3 Å². The number of hydrogen-bond acceptors (Lipinski definition) is 5. The quantitative estimate of drug-likeness (QED) is 0.517. The Morgan fingerprint density at radius 2 is 1.87 bits per heavy atom. The lowest BCUT2D eigenvalue weighted by atomic mass is 10.1. The van der Waals surface area contributed by atoms with Gasteiger partial charge in [-0.15, -0.1) is 0 Å². The number of non-ortho nitro benzene ring substituents is 1. The van der Waals surface area contributed by atoms with Crippen LogP contribution >= 0.6 is 0 Å². The number of carbonyl (C=O) groups is 1. The maximum Gasteiger partial charge on any atom is 0.287 e. The Bertz CT molecular complexity index is 665. The molecule has 0 bridgehead atoms. The number of nitrogens with zero attached hydrogens (tertiary/aromatic N) is 3. The Labute approximate surface area is 126 Å². The van der Waals surface area contributed by atoms with Crippen molar-refractivity contribution in [2.45, 2.75) is 25.0 Å². The molecule has 2 rings (SSSR count). The van der Waals surface area contributed by atoms with E-state index in [4.69, 9.17) is 0 Å². The highest BCUT2D eigenvalue weighted by Gasteiger charge is 2.53. The molecule has 1 aliphatic heterocycles. The van der Waals surface area contributed by atoms with Gasteiger partial charge < -0.3 is 5.11 Å². The van der Waals surface area contributed by atoms with Crippen LogP contribution in [0.25, 0.3) is 0 Å². The van der Waals surface area contributed by atoms with E-state index in [2.05, 4.69) is 5.10 Å². The van der Waals surface area contributed by atoms with Crippen molar-refractivity contribution in [2.24, 2.45) is 5.10 Å². The minimum absolute atomic E-state index is 0.111. The van der Waals surface area contributed by atoms with Crippen LogP contribution in [-0.4, -0.2) is 45.2 Å². The van der Waals surface area contributed by atoms with E-state index in [1.165, 1.54) is 0 Å². The van der Waals surface area contributed by atoms with Crippen molar-refractivity contribution in [3.05, 3.63) is 39.9 Å². The lowest BCUT2D eigenvalue weighted by molar-refractivity contribution is -0.384. The maximum atomic E-state index is 13.0. The number of nitro benzene ring substituents is 1. The van der Waals surface area contributed by atoms with Gasteiger partial charge in [-0.2, -0.15) is 10.1 Å². The molecule has 0 saturated carbocycles. The number of alkyl halides is 4. The zero-order chi connectivity index (χ0) is 17.4. The minimum Gasteiger partial charge on any atom is -0.364 e. The average molecular weight is 335 g/mol. The molecule has 1 aliphatic rings. The molecule has 0 radical (unpaired) electrons. The molecular formula is C12H9F4N3O4. The fourth-order valence-corrected chi connectivity index (χ4v) is 1.95. The summed E-state index contributed by atoms with van der Waals surface area (Å²) in [6, 6.07) is 3.76. The topological polar surface area (TPSA) is 96.0 Å². The van der Waals surface area contributed by atoms with Gasteiger partial charge in [0.15, 0.2) is 0 Å². The van der Waals surface area contributed by atoms with Crippen LogP contribution in [-0.2, 0) is 0 Å². The van der Waals surface area contributed by atoms with Gasteiger partial charge in [0, 0.05) is 24.1 Å². The molecule has 0 saturated heterocycles. The average Bonchev–Trinajstić information content (AvgIpc) is 2.86. The molecule has 7 nitrogen and oxygen atoms in total. The van der Waals surface area contributed by atoms with E-state index in [0.29, 0.717) is 0 Å². The van der Waals surface area contributed by atoms with Crippen molar-refractivity contribution in [1.29, 1.82) is 0 Å². The predicted molar refractivity (Wildman–Crippen MR) is 68.3 cm³/mol. The maximum absolute atomic E-state index is 13.0. The van der Waals surface area contributed by atoms with Gasteiger partial charge in [0.2, 0.25) is 5.72 Å². The summed E-state index contributed by atoms with van der Waals surface area (Å²) < 4.78 is 51.3. The van der Waals surface area contributed by atoms with Crippen LogP contribution in [0.4, 0.5) is 23.2 Å². The third kappa shape index (κ3) is 2.99. The van der Waals surface area contributed by atoms with Crippen LogP contribution in [0.1, 0.15) is 16.8 Å². The van der Waals surface area contributed by atoms with E-state index < -0.39 is 41.5 Å². The molecule has 23 heavy (non-hydrogen) atoms. The minimum atomic E-state index is -3.54. The second-order valence-electron chi connectivity index (χ2n) is 4.67. The number of hydrazone groups is 1. The van der Waals surface area contributed by atoms with Gasteiger partial charge in [-0.1, -0.05) is 0 Å². The van der Waals surface area contributed by atoms with Gasteiger partial charge in [-0.25, -0.2) is 17.6 Å². The molecule has 1 atom stereocenters. The predicted octanol–water partition coefficient (Wildman–Crippen LogP) is 2.02. The number of carbonyl (C=O) groups excluding carboxylic acids is 1. The molecule has 1 aromatic rings. The summed E-state index contributed by atoms with van der Waals surface area (Å²) in [7, 11) is 0. The number of benzene rings is 1. The summed E-state index contributed by atoms with van der Waals surface area (Å²) in [5.41, 5.74) is -4.93. The highest BCUT2D eigenvalue weighted by Crippen LogP contribution is 2.34. The largest absolute Gasteiger partial charge is 0.364 e. The molecule has 0 fully saturated rings. The highest BCUT2D eigenvalue weighted by atomic mass is 19.3. The fourth-order valence-electron chi connectivity index (χ4n) is 1.95. The monoisotopic (exact) mass is 335 g/mol. The Morgan fingerprint density at radius 3 is 2.30 bits per heavy atom. The van der Waals surface area contributed by atoms with Gasteiger partial charge in [0.1, 0.15) is 5.71 Å². The molecule has 1 heterocycles. The normalized spacial score (nSPS) is 21.0. The van der Waals surface area contributed by atoms with Crippen LogP contribution in [0.5, 0.6) is 0 Å². The van der Waals surface area contributed by atoms with E-state index in [1.54, 1.807) is 0 Å². The molecule has 1 amide bonds. The number of aliphatic hydroxyl groups is 1. The first kappa shape index (κ1) is 16.8. The molecule has 124 valence electrons. The first-order chi connectivity index (χ1) is 10.7. The molecule has 1 unspecified atom stereocenters. The van der Waals surface area contributed by atoms with Crippen LogP contribution in [0.15, 0.2) is 29.4 Å². The van der Waals surface area contributed by atoms with Crippen LogP contribution in [0.2, 0.25) is 0 Å². The van der Waals surface area contributed by atoms with Crippen LogP contribution in [0, 0.1) is 10.1 Å². The molecular weight excluding hydrogens is 326 g/mol.